The minimum absolute atomic E-state index is 0. The maximum absolute atomic E-state index is 11.9. The van der Waals surface area contributed by atoms with Gasteiger partial charge in [-0.25, -0.2) is 8.42 Å². The smallest absolute Gasteiger partial charge is 1.00 e. The van der Waals surface area contributed by atoms with Crippen LogP contribution in [0.5, 0.6) is 0 Å². The zero-order valence-electron chi connectivity index (χ0n) is 17.9. The van der Waals surface area contributed by atoms with Crippen LogP contribution in [0.3, 0.4) is 0 Å². The van der Waals surface area contributed by atoms with Crippen molar-refractivity contribution in [1.82, 2.24) is 0 Å². The molecule has 0 atom stereocenters. The van der Waals surface area contributed by atoms with E-state index in [1.165, 1.54) is 19.1 Å². The first-order valence-electron chi connectivity index (χ1n) is 8.21. The third-order valence-corrected chi connectivity index (χ3v) is 7.03. The van der Waals surface area contributed by atoms with Crippen LogP contribution >= 0.6 is 0 Å². The molecule has 10 nitrogen and oxygen atoms in total. The molecule has 0 fully saturated rings. The van der Waals surface area contributed by atoms with Crippen LogP contribution in [0, 0.1) is 0 Å². The molecule has 3 N–H and O–H groups in total. The Bertz CT molecular complexity index is 1420. The molecule has 0 radical (unpaired) electrons. The minimum Gasteiger partial charge on any atom is -1.00 e. The molecule has 0 aliphatic heterocycles. The second kappa shape index (κ2) is 10.4. The summed E-state index contributed by atoms with van der Waals surface area (Å²) in [4.78, 5) is 9.41. The molecule has 0 aliphatic carbocycles. The van der Waals surface area contributed by atoms with E-state index in [-0.39, 0.29) is 47.8 Å². The average Bonchev–Trinajstić information content (AvgIpc) is 2.64. The van der Waals surface area contributed by atoms with Gasteiger partial charge in [-0.3, -0.25) is 13.9 Å². The number of sulfone groups is 1. The number of hydrogen-bond acceptors (Lipinski definition) is 7. The van der Waals surface area contributed by atoms with E-state index in [0.717, 1.165) is 36.4 Å². The molecule has 2 aromatic rings. The van der Waals surface area contributed by atoms with Crippen LogP contribution < -0.4 is 34.9 Å². The zero-order chi connectivity index (χ0) is 23.6. The van der Waals surface area contributed by atoms with Gasteiger partial charge in [-0.1, -0.05) is 30.9 Å². The fourth-order valence-corrected chi connectivity index (χ4v) is 4.73. The van der Waals surface area contributed by atoms with Gasteiger partial charge in [0, 0.05) is 18.0 Å². The number of amides is 1. The summed E-state index contributed by atoms with van der Waals surface area (Å²) in [5.41, 5.74) is -0.131. The first-order chi connectivity index (χ1) is 14.1. The van der Waals surface area contributed by atoms with Gasteiger partial charge >= 0.3 is 29.6 Å². The molecule has 2 rings (SSSR count). The van der Waals surface area contributed by atoms with Crippen molar-refractivity contribution >= 4 is 53.8 Å². The SMILES string of the molecule is C=CS(=O)(=O)c1ccc(C=Cc2ccc(NC(C)=O)cc2S(=O)(=O)O)c(S(=O)(=O)O)c1.[H-].[Na+]. The van der Waals surface area contributed by atoms with Crippen molar-refractivity contribution < 1.29 is 70.1 Å². The maximum Gasteiger partial charge on any atom is 1.00 e. The van der Waals surface area contributed by atoms with Crippen molar-refractivity contribution in [3.63, 3.8) is 0 Å². The van der Waals surface area contributed by atoms with Gasteiger partial charge in [0.1, 0.15) is 9.79 Å². The number of carbonyl (C=O) groups excluding carboxylic acids is 1. The number of benzene rings is 2. The molecule has 0 aliphatic rings. The standard InChI is InChI=1S/C18H17NO9S3.Na.H/c1-3-29(21,22)16-9-7-14(18(11-16)31(26,27)28)5-4-13-6-8-15(19-12(2)20)10-17(13)30(23,24)25;;/h3-11H,1H2,2H3,(H,19,20)(H,23,24,25)(H,26,27,28);;/q;+1;-1. The van der Waals surface area contributed by atoms with Crippen molar-refractivity contribution in [2.75, 3.05) is 5.32 Å². The van der Waals surface area contributed by atoms with Crippen LogP contribution in [0.2, 0.25) is 0 Å². The summed E-state index contributed by atoms with van der Waals surface area (Å²) >= 11 is 0. The van der Waals surface area contributed by atoms with Crippen LogP contribution in [-0.4, -0.2) is 40.3 Å². The Morgan fingerprint density at radius 2 is 1.38 bits per heavy atom. The van der Waals surface area contributed by atoms with Gasteiger partial charge in [0.25, 0.3) is 20.2 Å². The largest absolute Gasteiger partial charge is 1.00 e. The zero-order valence-corrected chi connectivity index (χ0v) is 21.3. The molecule has 0 saturated carbocycles. The third-order valence-electron chi connectivity index (χ3n) is 3.87. The average molecular weight is 512 g/mol. The fourth-order valence-electron chi connectivity index (χ4n) is 2.51. The molecule has 0 spiro atoms. The van der Waals surface area contributed by atoms with E-state index in [1.54, 1.807) is 0 Å². The van der Waals surface area contributed by atoms with Crippen molar-refractivity contribution in [3.05, 3.63) is 59.5 Å². The normalized spacial score (nSPS) is 12.2. The first kappa shape index (κ1) is 28.2. The molecule has 32 heavy (non-hydrogen) atoms. The van der Waals surface area contributed by atoms with Crippen molar-refractivity contribution in [1.29, 1.82) is 0 Å². The molecule has 1 amide bonds. The Balaban J connectivity index is 0.00000512. The van der Waals surface area contributed by atoms with Crippen LogP contribution in [0.4, 0.5) is 5.69 Å². The summed E-state index contributed by atoms with van der Waals surface area (Å²) in [6, 6.07) is 6.49. The Kier molecular flexibility index (Phi) is 9.16. The summed E-state index contributed by atoms with van der Waals surface area (Å²) in [5, 5.41) is 2.97. The van der Waals surface area contributed by atoms with Gasteiger partial charge in [0.05, 0.1) is 4.90 Å². The second-order valence-electron chi connectivity index (χ2n) is 6.13. The predicted octanol–water partition coefficient (Wildman–Crippen LogP) is -0.657. The number of rotatable bonds is 7. The van der Waals surface area contributed by atoms with E-state index >= 15 is 0 Å². The molecule has 0 heterocycles. The van der Waals surface area contributed by atoms with Crippen molar-refractivity contribution in [2.24, 2.45) is 0 Å². The molecule has 0 unspecified atom stereocenters. The van der Waals surface area contributed by atoms with Gasteiger partial charge in [-0.15, -0.1) is 0 Å². The second-order valence-corrected chi connectivity index (χ2v) is 10.8. The molecule has 168 valence electrons. The topological polar surface area (TPSA) is 172 Å². The van der Waals surface area contributed by atoms with E-state index in [1.807, 2.05) is 0 Å². The van der Waals surface area contributed by atoms with E-state index in [4.69, 9.17) is 0 Å². The maximum atomic E-state index is 11.9. The number of carbonyl (C=O) groups is 1. The van der Waals surface area contributed by atoms with E-state index in [2.05, 4.69) is 11.9 Å². The molecular weight excluding hydrogens is 493 g/mol. The quantitative estimate of drug-likeness (QED) is 0.248. The van der Waals surface area contributed by atoms with Crippen LogP contribution in [0.25, 0.3) is 12.2 Å². The number of nitrogens with one attached hydrogen (secondary N) is 1. The molecule has 14 heteroatoms. The summed E-state index contributed by atoms with van der Waals surface area (Å²) in [6.07, 6.45) is 2.24. The summed E-state index contributed by atoms with van der Waals surface area (Å²) in [7, 11) is -13.6. The number of anilines is 1. The van der Waals surface area contributed by atoms with Gasteiger partial charge < -0.3 is 6.74 Å². The Morgan fingerprint density at radius 3 is 1.81 bits per heavy atom. The summed E-state index contributed by atoms with van der Waals surface area (Å²) in [6.45, 7) is 4.34. The van der Waals surface area contributed by atoms with Gasteiger partial charge in [-0.2, -0.15) is 16.8 Å². The van der Waals surface area contributed by atoms with Crippen molar-refractivity contribution in [3.8, 4) is 0 Å². The molecular formula is C18H18NNaO9S3. The van der Waals surface area contributed by atoms with E-state index in [9.17, 15) is 39.2 Å². The molecule has 0 aromatic heterocycles. The minimum atomic E-state index is -4.85. The number of hydrogen-bond donors (Lipinski definition) is 3. The Morgan fingerprint density at radius 1 is 0.906 bits per heavy atom. The van der Waals surface area contributed by atoms with Crippen LogP contribution in [-0.2, 0) is 34.9 Å². The molecule has 0 saturated heterocycles. The monoisotopic (exact) mass is 511 g/mol. The Hall–Kier alpha value is -1.84. The van der Waals surface area contributed by atoms with E-state index in [0.29, 0.717) is 5.41 Å². The fraction of sp³-hybridized carbons (Fsp3) is 0.0556. The molecule has 2 aromatic carbocycles. The van der Waals surface area contributed by atoms with Crippen LogP contribution in [0.15, 0.2) is 63.1 Å². The van der Waals surface area contributed by atoms with Crippen LogP contribution in [0.1, 0.15) is 19.5 Å². The molecule has 0 bridgehead atoms. The third kappa shape index (κ3) is 7.08. The predicted molar refractivity (Wildman–Crippen MR) is 114 cm³/mol. The first-order valence-corrected chi connectivity index (χ1v) is 12.6. The summed E-state index contributed by atoms with van der Waals surface area (Å²) in [5.74, 6) is -0.475. The Labute approximate surface area is 209 Å². The summed E-state index contributed by atoms with van der Waals surface area (Å²) < 4.78 is 89.6. The van der Waals surface area contributed by atoms with Crippen molar-refractivity contribution in [2.45, 2.75) is 21.6 Å². The van der Waals surface area contributed by atoms with E-state index < -0.39 is 50.7 Å². The van der Waals surface area contributed by atoms with Gasteiger partial charge in [-0.05, 0) is 35.4 Å². The van der Waals surface area contributed by atoms with Gasteiger partial charge in [0.2, 0.25) is 5.91 Å². The van der Waals surface area contributed by atoms with Gasteiger partial charge in [0.15, 0.2) is 9.84 Å².